The molecule has 4 aromatic rings. The molecule has 0 radical (unpaired) electrons. The summed E-state index contributed by atoms with van der Waals surface area (Å²) in [5.74, 6) is 1.14. The van der Waals surface area contributed by atoms with Crippen LogP contribution in [0.15, 0.2) is 43.4 Å². The van der Waals surface area contributed by atoms with Gasteiger partial charge in [0.2, 0.25) is 0 Å². The molecular weight excluding hydrogens is 518 g/mol. The van der Waals surface area contributed by atoms with E-state index < -0.39 is 21.5 Å². The van der Waals surface area contributed by atoms with Crippen molar-refractivity contribution < 1.29 is 14.3 Å². The quantitative estimate of drug-likeness (QED) is 0.214. The van der Waals surface area contributed by atoms with Gasteiger partial charge in [-0.1, -0.05) is 0 Å². The molecule has 1 fully saturated rings. The third-order valence-electron chi connectivity index (χ3n) is 6.70. The number of hydrogen-bond acceptors (Lipinski definition) is 10. The Hall–Kier alpha value is -4.02. The maximum absolute atomic E-state index is 11.6. The molecular formula is C26H31N9O3S. The van der Waals surface area contributed by atoms with Crippen molar-refractivity contribution in [1.82, 2.24) is 34.3 Å². The third kappa shape index (κ3) is 5.43. The third-order valence-corrected chi connectivity index (χ3v) is 8.10. The van der Waals surface area contributed by atoms with Gasteiger partial charge in [-0.15, -0.1) is 0 Å². The van der Waals surface area contributed by atoms with Crippen LogP contribution in [-0.2, 0) is 21.7 Å². The SMILES string of the molecule is COC(=O)c1cnc(N2CC(CC#N)(n3cc(-c4ncnc5c4ccn5COCCS(C)(C)C)cn3)C2)cn1. The summed E-state index contributed by atoms with van der Waals surface area (Å²) in [4.78, 5) is 31.2. The zero-order chi connectivity index (χ0) is 27.6. The smallest absolute Gasteiger partial charge is 0.358 e. The summed E-state index contributed by atoms with van der Waals surface area (Å²) in [5.41, 5.74) is 2.04. The van der Waals surface area contributed by atoms with E-state index in [1.54, 1.807) is 12.5 Å². The van der Waals surface area contributed by atoms with E-state index in [1.165, 1.54) is 19.5 Å². The van der Waals surface area contributed by atoms with E-state index in [-0.39, 0.29) is 12.1 Å². The highest BCUT2D eigenvalue weighted by Crippen LogP contribution is 2.36. The number of carbonyl (C=O) groups is 1. The van der Waals surface area contributed by atoms with Crippen molar-refractivity contribution >= 4 is 32.8 Å². The summed E-state index contributed by atoms with van der Waals surface area (Å²) < 4.78 is 14.4. The Morgan fingerprint density at radius 2 is 1.97 bits per heavy atom. The molecule has 1 aliphatic heterocycles. The molecule has 0 aromatic carbocycles. The standard InChI is InChI=1S/C26H31N9O3S/c1-37-25(36)21-12-29-22(13-28-21)34-15-26(16-34,6-7-27)35-14-19(11-32-35)23-20-5-8-33(24(20)31-17-30-23)18-38-9-10-39(2,3)4/h5,8,11-14,17H,6,9-10,15-16,18H2,1-4H3. The average Bonchev–Trinajstić information content (AvgIpc) is 3.55. The Morgan fingerprint density at radius 1 is 1.15 bits per heavy atom. The minimum Gasteiger partial charge on any atom is -0.464 e. The van der Waals surface area contributed by atoms with E-state index in [0.717, 1.165) is 28.0 Å². The minimum absolute atomic E-state index is 0.143. The second-order valence-electron chi connectivity index (χ2n) is 10.4. The van der Waals surface area contributed by atoms with Gasteiger partial charge in [0.25, 0.3) is 0 Å². The second-order valence-corrected chi connectivity index (χ2v) is 15.0. The van der Waals surface area contributed by atoms with E-state index in [1.807, 2.05) is 32.6 Å². The first-order chi connectivity index (χ1) is 18.7. The van der Waals surface area contributed by atoms with Crippen LogP contribution >= 0.6 is 10.0 Å². The number of ether oxygens (including phenoxy) is 2. The van der Waals surface area contributed by atoms with Gasteiger partial charge >= 0.3 is 5.97 Å². The fraction of sp³-hybridized carbons (Fsp3) is 0.423. The van der Waals surface area contributed by atoms with Crippen LogP contribution in [0.4, 0.5) is 5.82 Å². The van der Waals surface area contributed by atoms with E-state index in [4.69, 9.17) is 4.74 Å². The van der Waals surface area contributed by atoms with Crippen LogP contribution in [0.3, 0.4) is 0 Å². The first-order valence-electron chi connectivity index (χ1n) is 12.3. The van der Waals surface area contributed by atoms with Crippen LogP contribution < -0.4 is 4.90 Å². The van der Waals surface area contributed by atoms with Crippen molar-refractivity contribution in [2.45, 2.75) is 18.7 Å². The largest absolute Gasteiger partial charge is 0.464 e. The number of rotatable bonds is 10. The van der Waals surface area contributed by atoms with Crippen molar-refractivity contribution in [2.24, 2.45) is 0 Å². The van der Waals surface area contributed by atoms with Crippen LogP contribution in [0.1, 0.15) is 16.9 Å². The van der Waals surface area contributed by atoms with Gasteiger partial charge in [0, 0.05) is 42.2 Å². The van der Waals surface area contributed by atoms with Gasteiger partial charge in [-0.2, -0.15) is 10.4 Å². The molecule has 0 N–H and O–H groups in total. The number of esters is 1. The molecule has 0 saturated carbocycles. The van der Waals surface area contributed by atoms with Crippen LogP contribution in [0.2, 0.25) is 0 Å². The molecule has 0 bridgehead atoms. The first-order valence-corrected chi connectivity index (χ1v) is 15.4. The molecule has 0 spiro atoms. The van der Waals surface area contributed by atoms with E-state index in [2.05, 4.69) is 54.6 Å². The molecule has 5 heterocycles. The lowest BCUT2D eigenvalue weighted by Gasteiger charge is -2.49. The zero-order valence-electron chi connectivity index (χ0n) is 22.4. The number of nitriles is 1. The van der Waals surface area contributed by atoms with Gasteiger partial charge in [-0.3, -0.25) is 4.68 Å². The van der Waals surface area contributed by atoms with Gasteiger partial charge in [-0.05, 0) is 24.8 Å². The van der Waals surface area contributed by atoms with Crippen LogP contribution in [0.5, 0.6) is 0 Å². The van der Waals surface area contributed by atoms with Crippen LogP contribution in [0.25, 0.3) is 22.3 Å². The average molecular weight is 550 g/mol. The highest BCUT2D eigenvalue weighted by Gasteiger charge is 2.46. The van der Waals surface area contributed by atoms with Crippen molar-refractivity contribution in [3.05, 3.63) is 49.1 Å². The number of fused-ring (bicyclic) bond motifs is 1. The van der Waals surface area contributed by atoms with Crippen molar-refractivity contribution in [1.29, 1.82) is 5.26 Å². The maximum Gasteiger partial charge on any atom is 0.358 e. The van der Waals surface area contributed by atoms with Gasteiger partial charge in [0.15, 0.2) is 5.69 Å². The Morgan fingerprint density at radius 3 is 2.67 bits per heavy atom. The molecule has 39 heavy (non-hydrogen) atoms. The van der Waals surface area contributed by atoms with Crippen molar-refractivity contribution in [3.8, 4) is 17.3 Å². The number of anilines is 1. The maximum atomic E-state index is 11.6. The molecule has 0 amide bonds. The summed E-state index contributed by atoms with van der Waals surface area (Å²) >= 11 is 0. The predicted octanol–water partition coefficient (Wildman–Crippen LogP) is 2.67. The van der Waals surface area contributed by atoms with Gasteiger partial charge in [0.1, 0.15) is 30.1 Å². The lowest BCUT2D eigenvalue weighted by atomic mass is 9.87. The normalized spacial score (nSPS) is 15.1. The summed E-state index contributed by atoms with van der Waals surface area (Å²) in [5, 5.41) is 15.1. The van der Waals surface area contributed by atoms with Gasteiger partial charge in [-0.25, -0.2) is 34.8 Å². The number of hydrogen-bond donors (Lipinski definition) is 0. The lowest BCUT2D eigenvalue weighted by Crippen LogP contribution is -2.63. The van der Waals surface area contributed by atoms with Crippen molar-refractivity contribution in [3.63, 3.8) is 0 Å². The molecule has 0 aliphatic carbocycles. The highest BCUT2D eigenvalue weighted by atomic mass is 32.3. The Labute approximate surface area is 227 Å². The first kappa shape index (κ1) is 26.6. The van der Waals surface area contributed by atoms with Crippen LogP contribution in [-0.4, -0.2) is 91.6 Å². The molecule has 1 saturated heterocycles. The topological polar surface area (TPSA) is 137 Å². The van der Waals surface area contributed by atoms with Gasteiger partial charge in [0.05, 0.1) is 50.5 Å². The predicted molar refractivity (Wildman–Crippen MR) is 149 cm³/mol. The molecule has 12 nitrogen and oxygen atoms in total. The summed E-state index contributed by atoms with van der Waals surface area (Å²) in [7, 11) is 0.697. The lowest BCUT2D eigenvalue weighted by molar-refractivity contribution is 0.0593. The zero-order valence-corrected chi connectivity index (χ0v) is 23.3. The molecule has 204 valence electrons. The fourth-order valence-electron chi connectivity index (χ4n) is 4.52. The minimum atomic E-state index is -0.603. The fourth-order valence-corrected chi connectivity index (χ4v) is 5.14. The molecule has 1 aliphatic rings. The number of carbonyl (C=O) groups excluding carboxylic acids is 1. The van der Waals surface area contributed by atoms with Crippen LogP contribution in [0, 0.1) is 11.3 Å². The summed E-state index contributed by atoms with van der Waals surface area (Å²) in [6.07, 6.45) is 17.3. The molecule has 4 aromatic heterocycles. The number of aromatic nitrogens is 7. The monoisotopic (exact) mass is 549 g/mol. The Bertz CT molecular complexity index is 1510. The summed E-state index contributed by atoms with van der Waals surface area (Å²) in [6.45, 7) is 2.19. The Kier molecular flexibility index (Phi) is 7.24. The molecule has 13 heteroatoms. The Balaban J connectivity index is 1.32. The highest BCUT2D eigenvalue weighted by molar-refractivity contribution is 8.32. The van der Waals surface area contributed by atoms with E-state index >= 15 is 0 Å². The van der Waals surface area contributed by atoms with E-state index in [0.29, 0.717) is 32.2 Å². The number of methoxy groups -OCH3 is 1. The molecule has 5 rings (SSSR count). The second kappa shape index (κ2) is 10.6. The van der Waals surface area contributed by atoms with Gasteiger partial charge < -0.3 is 18.9 Å². The molecule has 0 atom stereocenters. The van der Waals surface area contributed by atoms with E-state index in [9.17, 15) is 10.1 Å². The summed E-state index contributed by atoms with van der Waals surface area (Å²) in [6, 6.07) is 4.30. The number of nitrogens with zero attached hydrogens (tertiary/aromatic N) is 9. The molecule has 0 unspecified atom stereocenters. The van der Waals surface area contributed by atoms with Crippen molar-refractivity contribution in [2.75, 3.05) is 56.2 Å².